The van der Waals surface area contributed by atoms with Crippen molar-refractivity contribution >= 4 is 17.9 Å². The SMILES string of the molecule is COC(=O)CCN(C)CC(=O)NC(=O)NC1CCCCC1. The second-order valence-corrected chi connectivity index (χ2v) is 5.42. The zero-order valence-corrected chi connectivity index (χ0v) is 12.8. The highest BCUT2D eigenvalue weighted by Crippen LogP contribution is 2.17. The van der Waals surface area contributed by atoms with E-state index in [1.165, 1.54) is 13.5 Å². The van der Waals surface area contributed by atoms with E-state index >= 15 is 0 Å². The number of carbonyl (C=O) groups excluding carboxylic acids is 3. The molecule has 0 spiro atoms. The highest BCUT2D eigenvalue weighted by Gasteiger charge is 2.17. The Balaban J connectivity index is 2.19. The van der Waals surface area contributed by atoms with Crippen molar-refractivity contribution in [2.75, 3.05) is 27.2 Å². The van der Waals surface area contributed by atoms with Crippen molar-refractivity contribution in [1.29, 1.82) is 0 Å². The first-order valence-electron chi connectivity index (χ1n) is 7.37. The van der Waals surface area contributed by atoms with E-state index in [9.17, 15) is 14.4 Å². The molecule has 1 saturated carbocycles. The van der Waals surface area contributed by atoms with Crippen LogP contribution in [0.3, 0.4) is 0 Å². The molecule has 0 aliphatic heterocycles. The largest absolute Gasteiger partial charge is 0.469 e. The molecule has 0 bridgehead atoms. The lowest BCUT2D eigenvalue weighted by atomic mass is 9.96. The molecule has 0 saturated heterocycles. The number of amides is 3. The second kappa shape index (κ2) is 9.33. The fraction of sp³-hybridized carbons (Fsp3) is 0.786. The van der Waals surface area contributed by atoms with Gasteiger partial charge in [-0.05, 0) is 19.9 Å². The predicted molar refractivity (Wildman–Crippen MR) is 77.7 cm³/mol. The van der Waals surface area contributed by atoms with Crippen molar-refractivity contribution in [3.63, 3.8) is 0 Å². The van der Waals surface area contributed by atoms with Crippen LogP contribution in [0.1, 0.15) is 38.5 Å². The van der Waals surface area contributed by atoms with Crippen molar-refractivity contribution < 1.29 is 19.1 Å². The lowest BCUT2D eigenvalue weighted by molar-refractivity contribution is -0.141. The number of methoxy groups -OCH3 is 1. The van der Waals surface area contributed by atoms with E-state index in [2.05, 4.69) is 15.4 Å². The second-order valence-electron chi connectivity index (χ2n) is 5.42. The topological polar surface area (TPSA) is 87.7 Å². The summed E-state index contributed by atoms with van der Waals surface area (Å²) in [5.41, 5.74) is 0. The van der Waals surface area contributed by atoms with E-state index in [1.807, 2.05) is 0 Å². The van der Waals surface area contributed by atoms with E-state index in [4.69, 9.17) is 0 Å². The number of esters is 1. The van der Waals surface area contributed by atoms with E-state index in [0.717, 1.165) is 25.7 Å². The van der Waals surface area contributed by atoms with Gasteiger partial charge in [0.2, 0.25) is 5.91 Å². The molecule has 2 N–H and O–H groups in total. The molecule has 0 unspecified atom stereocenters. The lowest BCUT2D eigenvalue weighted by Gasteiger charge is -2.23. The van der Waals surface area contributed by atoms with E-state index in [-0.39, 0.29) is 30.9 Å². The standard InChI is InChI=1S/C14H25N3O4/c1-17(9-8-13(19)21-2)10-12(18)16-14(20)15-11-6-4-3-5-7-11/h11H,3-10H2,1-2H3,(H2,15,16,18,20). The minimum Gasteiger partial charge on any atom is -0.469 e. The fourth-order valence-corrected chi connectivity index (χ4v) is 2.34. The molecule has 7 nitrogen and oxygen atoms in total. The molecule has 1 aliphatic rings. The molecule has 0 atom stereocenters. The van der Waals surface area contributed by atoms with Gasteiger partial charge in [0.25, 0.3) is 0 Å². The summed E-state index contributed by atoms with van der Waals surface area (Å²) in [5.74, 6) is -0.701. The number of hydrogen-bond acceptors (Lipinski definition) is 5. The maximum Gasteiger partial charge on any atom is 0.321 e. The molecule has 0 heterocycles. The zero-order chi connectivity index (χ0) is 15.7. The first-order valence-corrected chi connectivity index (χ1v) is 7.37. The maximum atomic E-state index is 11.7. The number of carbonyl (C=O) groups is 3. The van der Waals surface area contributed by atoms with Crippen LogP contribution in [0.15, 0.2) is 0 Å². The van der Waals surface area contributed by atoms with Crippen LogP contribution in [0, 0.1) is 0 Å². The van der Waals surface area contributed by atoms with Gasteiger partial charge in [-0.15, -0.1) is 0 Å². The van der Waals surface area contributed by atoms with Crippen LogP contribution < -0.4 is 10.6 Å². The highest BCUT2D eigenvalue weighted by atomic mass is 16.5. The highest BCUT2D eigenvalue weighted by molar-refractivity contribution is 5.95. The van der Waals surface area contributed by atoms with Crippen molar-refractivity contribution in [2.45, 2.75) is 44.6 Å². The van der Waals surface area contributed by atoms with Crippen LogP contribution >= 0.6 is 0 Å². The Kier molecular flexibility index (Phi) is 7.74. The number of urea groups is 1. The Labute approximate surface area is 125 Å². The molecule has 0 radical (unpaired) electrons. The third-order valence-corrected chi connectivity index (χ3v) is 3.53. The van der Waals surface area contributed by atoms with E-state index in [1.54, 1.807) is 11.9 Å². The summed E-state index contributed by atoms with van der Waals surface area (Å²) in [6, 6.07) is -0.267. The monoisotopic (exact) mass is 299 g/mol. The number of hydrogen-bond donors (Lipinski definition) is 2. The average Bonchev–Trinajstić information content (AvgIpc) is 2.45. The first-order chi connectivity index (χ1) is 10.0. The van der Waals surface area contributed by atoms with Crippen LogP contribution in [-0.4, -0.2) is 56.1 Å². The molecular formula is C14H25N3O4. The molecule has 1 fully saturated rings. The van der Waals surface area contributed by atoms with Gasteiger partial charge >= 0.3 is 12.0 Å². The van der Waals surface area contributed by atoms with Crippen molar-refractivity contribution in [2.24, 2.45) is 0 Å². The molecule has 0 aromatic rings. The van der Waals surface area contributed by atoms with Gasteiger partial charge in [-0.2, -0.15) is 0 Å². The van der Waals surface area contributed by atoms with E-state index < -0.39 is 6.03 Å². The number of rotatable bonds is 6. The molecule has 3 amide bonds. The van der Waals surface area contributed by atoms with Gasteiger partial charge in [0.05, 0.1) is 20.1 Å². The number of nitrogens with zero attached hydrogens (tertiary/aromatic N) is 1. The van der Waals surface area contributed by atoms with Gasteiger partial charge in [0.15, 0.2) is 0 Å². The van der Waals surface area contributed by atoms with Gasteiger partial charge in [-0.1, -0.05) is 19.3 Å². The maximum absolute atomic E-state index is 11.7. The van der Waals surface area contributed by atoms with Crippen LogP contribution in [0.4, 0.5) is 4.79 Å². The summed E-state index contributed by atoms with van der Waals surface area (Å²) in [6.07, 6.45) is 5.61. The minimum absolute atomic E-state index is 0.0646. The number of ether oxygens (including phenoxy) is 1. The lowest BCUT2D eigenvalue weighted by Crippen LogP contribution is -2.47. The summed E-state index contributed by atoms with van der Waals surface area (Å²) in [5, 5.41) is 5.13. The molecule has 0 aromatic heterocycles. The Hall–Kier alpha value is -1.63. The summed E-state index contributed by atoms with van der Waals surface area (Å²) in [4.78, 5) is 36.0. The summed E-state index contributed by atoms with van der Waals surface area (Å²) in [7, 11) is 3.03. The van der Waals surface area contributed by atoms with Crippen molar-refractivity contribution in [3.05, 3.63) is 0 Å². The number of nitrogens with one attached hydrogen (secondary N) is 2. The fourth-order valence-electron chi connectivity index (χ4n) is 2.34. The Morgan fingerprint density at radius 1 is 1.19 bits per heavy atom. The Bertz CT molecular complexity index is 367. The Morgan fingerprint density at radius 3 is 2.48 bits per heavy atom. The number of likely N-dealkylation sites (N-methyl/N-ethyl adjacent to an activating group) is 1. The number of imide groups is 1. The molecule has 1 rings (SSSR count). The predicted octanol–water partition coefficient (Wildman–Crippen LogP) is 0.640. The third kappa shape index (κ3) is 7.65. The summed E-state index contributed by atoms with van der Waals surface area (Å²) in [6.45, 7) is 0.472. The summed E-state index contributed by atoms with van der Waals surface area (Å²) < 4.78 is 4.52. The van der Waals surface area contributed by atoms with Gasteiger partial charge in [-0.25, -0.2) is 4.79 Å². The smallest absolute Gasteiger partial charge is 0.321 e. The van der Waals surface area contributed by atoms with Crippen molar-refractivity contribution in [3.8, 4) is 0 Å². The van der Waals surface area contributed by atoms with Crippen LogP contribution in [-0.2, 0) is 14.3 Å². The Morgan fingerprint density at radius 2 is 1.86 bits per heavy atom. The third-order valence-electron chi connectivity index (χ3n) is 3.53. The molecule has 21 heavy (non-hydrogen) atoms. The quantitative estimate of drug-likeness (QED) is 0.703. The molecule has 120 valence electrons. The first kappa shape index (κ1) is 17.4. The van der Waals surface area contributed by atoms with Gasteiger partial charge in [0.1, 0.15) is 0 Å². The average molecular weight is 299 g/mol. The molecule has 7 heteroatoms. The summed E-state index contributed by atoms with van der Waals surface area (Å²) >= 11 is 0. The van der Waals surface area contributed by atoms with Gasteiger partial charge in [-0.3, -0.25) is 19.8 Å². The zero-order valence-electron chi connectivity index (χ0n) is 12.8. The normalized spacial score (nSPS) is 15.6. The van der Waals surface area contributed by atoms with Gasteiger partial charge in [0, 0.05) is 12.6 Å². The molecular weight excluding hydrogens is 274 g/mol. The minimum atomic E-state index is -0.437. The van der Waals surface area contributed by atoms with Crippen LogP contribution in [0.5, 0.6) is 0 Å². The molecule has 0 aromatic carbocycles. The van der Waals surface area contributed by atoms with E-state index in [0.29, 0.717) is 6.54 Å². The van der Waals surface area contributed by atoms with Crippen LogP contribution in [0.2, 0.25) is 0 Å². The van der Waals surface area contributed by atoms with Gasteiger partial charge < -0.3 is 10.1 Å². The van der Waals surface area contributed by atoms with Crippen LogP contribution in [0.25, 0.3) is 0 Å². The van der Waals surface area contributed by atoms with Crippen molar-refractivity contribution in [1.82, 2.24) is 15.5 Å². The molecule has 1 aliphatic carbocycles.